The van der Waals surface area contributed by atoms with Crippen LogP contribution in [-0.2, 0) is 21.2 Å². The predicted octanol–water partition coefficient (Wildman–Crippen LogP) is 4.15. The molecule has 5 nitrogen and oxygen atoms in total. The average molecular weight is 441 g/mol. The van der Waals surface area contributed by atoms with E-state index in [1.165, 1.54) is 23.8 Å². The molecular formula is C20H22Cl2N2O3S. The summed E-state index contributed by atoms with van der Waals surface area (Å²) in [5.74, 6) is -0.231. The summed E-state index contributed by atoms with van der Waals surface area (Å²) in [6.45, 7) is 4.13. The van der Waals surface area contributed by atoms with Gasteiger partial charge in [-0.1, -0.05) is 54.4 Å². The molecule has 1 atom stereocenters. The van der Waals surface area contributed by atoms with E-state index in [1.807, 2.05) is 25.1 Å². The fourth-order valence-corrected chi connectivity index (χ4v) is 5.67. The molecule has 0 N–H and O–H groups in total. The van der Waals surface area contributed by atoms with Crippen molar-refractivity contribution < 1.29 is 13.2 Å². The van der Waals surface area contributed by atoms with Crippen molar-refractivity contribution in [1.82, 2.24) is 9.21 Å². The summed E-state index contributed by atoms with van der Waals surface area (Å²) in [5, 5.41) is 0.349. The van der Waals surface area contributed by atoms with Crippen LogP contribution in [0.15, 0.2) is 47.4 Å². The van der Waals surface area contributed by atoms with Crippen molar-refractivity contribution in [3.8, 4) is 0 Å². The lowest BCUT2D eigenvalue weighted by Crippen LogP contribution is -2.46. The van der Waals surface area contributed by atoms with E-state index in [0.717, 1.165) is 16.3 Å². The van der Waals surface area contributed by atoms with Gasteiger partial charge in [-0.05, 0) is 42.7 Å². The van der Waals surface area contributed by atoms with Crippen molar-refractivity contribution in [2.45, 2.75) is 31.2 Å². The Morgan fingerprint density at radius 2 is 1.93 bits per heavy atom. The second kappa shape index (κ2) is 8.41. The van der Waals surface area contributed by atoms with E-state index in [0.29, 0.717) is 6.54 Å². The molecule has 0 saturated carbocycles. The number of carbonyl (C=O) groups excluding carboxylic acids is 1. The molecule has 0 spiro atoms. The van der Waals surface area contributed by atoms with Crippen molar-refractivity contribution in [3.63, 3.8) is 0 Å². The van der Waals surface area contributed by atoms with E-state index in [9.17, 15) is 13.2 Å². The van der Waals surface area contributed by atoms with Gasteiger partial charge in [-0.3, -0.25) is 4.79 Å². The third kappa shape index (κ3) is 4.06. The minimum atomic E-state index is -3.95. The fourth-order valence-electron chi connectivity index (χ4n) is 3.53. The SMILES string of the molecule is CCN(CC(=O)N1CCc2ccccc2C1C)S(=O)(=O)c1cc(Cl)ccc1Cl. The number of amides is 1. The molecule has 3 rings (SSSR count). The number of carbonyl (C=O) groups is 1. The predicted molar refractivity (Wildman–Crippen MR) is 111 cm³/mol. The highest BCUT2D eigenvalue weighted by Gasteiger charge is 2.32. The molecule has 0 fully saturated rings. The molecule has 1 unspecified atom stereocenters. The van der Waals surface area contributed by atoms with Gasteiger partial charge in [0, 0.05) is 18.1 Å². The summed E-state index contributed by atoms with van der Waals surface area (Å²) >= 11 is 12.0. The van der Waals surface area contributed by atoms with Crippen molar-refractivity contribution in [1.29, 1.82) is 0 Å². The topological polar surface area (TPSA) is 57.7 Å². The summed E-state index contributed by atoms with van der Waals surface area (Å²) in [5.41, 5.74) is 2.33. The van der Waals surface area contributed by atoms with E-state index < -0.39 is 10.0 Å². The molecule has 150 valence electrons. The van der Waals surface area contributed by atoms with Crippen LogP contribution in [0.5, 0.6) is 0 Å². The van der Waals surface area contributed by atoms with Crippen LogP contribution in [-0.4, -0.2) is 43.2 Å². The molecule has 1 amide bonds. The van der Waals surface area contributed by atoms with Crippen LogP contribution >= 0.6 is 23.2 Å². The number of benzene rings is 2. The number of hydrogen-bond donors (Lipinski definition) is 0. The number of likely N-dealkylation sites (N-methyl/N-ethyl adjacent to an activating group) is 1. The zero-order valence-electron chi connectivity index (χ0n) is 15.7. The van der Waals surface area contributed by atoms with Crippen LogP contribution < -0.4 is 0 Å². The van der Waals surface area contributed by atoms with Crippen LogP contribution in [0, 0.1) is 0 Å². The van der Waals surface area contributed by atoms with Gasteiger partial charge >= 0.3 is 0 Å². The first-order valence-electron chi connectivity index (χ1n) is 9.08. The number of fused-ring (bicyclic) bond motifs is 1. The summed E-state index contributed by atoms with van der Waals surface area (Å²) in [6, 6.07) is 12.2. The lowest BCUT2D eigenvalue weighted by atomic mass is 9.93. The second-order valence-corrected chi connectivity index (χ2v) is 9.47. The third-order valence-corrected chi connectivity index (χ3v) is 7.73. The first kappa shape index (κ1) is 21.1. The molecule has 0 aromatic heterocycles. The third-order valence-electron chi connectivity index (χ3n) is 5.09. The van der Waals surface area contributed by atoms with E-state index in [2.05, 4.69) is 6.07 Å². The molecule has 0 radical (unpaired) electrons. The number of hydrogen-bond acceptors (Lipinski definition) is 3. The van der Waals surface area contributed by atoms with Gasteiger partial charge in [0.1, 0.15) is 4.90 Å². The first-order chi connectivity index (χ1) is 13.3. The highest BCUT2D eigenvalue weighted by Crippen LogP contribution is 2.31. The van der Waals surface area contributed by atoms with Gasteiger partial charge in [-0.2, -0.15) is 4.31 Å². The lowest BCUT2D eigenvalue weighted by Gasteiger charge is -2.36. The molecule has 2 aromatic rings. The number of halogens is 2. The van der Waals surface area contributed by atoms with E-state index in [1.54, 1.807) is 11.8 Å². The van der Waals surface area contributed by atoms with Gasteiger partial charge in [0.25, 0.3) is 0 Å². The van der Waals surface area contributed by atoms with Gasteiger partial charge in [0.15, 0.2) is 0 Å². The highest BCUT2D eigenvalue weighted by atomic mass is 35.5. The summed E-state index contributed by atoms with van der Waals surface area (Å²) in [4.78, 5) is 14.6. The second-order valence-electron chi connectivity index (χ2n) is 6.72. The van der Waals surface area contributed by atoms with Gasteiger partial charge in [-0.25, -0.2) is 8.42 Å². The molecule has 8 heteroatoms. The molecule has 28 heavy (non-hydrogen) atoms. The Labute approximate surface area is 175 Å². The normalized spacial score (nSPS) is 16.9. The maximum Gasteiger partial charge on any atom is 0.245 e. The molecule has 1 aliphatic heterocycles. The Hall–Kier alpha value is -1.60. The van der Waals surface area contributed by atoms with E-state index >= 15 is 0 Å². The number of sulfonamides is 1. The zero-order chi connectivity index (χ0) is 20.5. The summed E-state index contributed by atoms with van der Waals surface area (Å²) < 4.78 is 27.2. The van der Waals surface area contributed by atoms with Crippen LogP contribution in [0.3, 0.4) is 0 Å². The minimum Gasteiger partial charge on any atom is -0.334 e. The Morgan fingerprint density at radius 3 is 2.64 bits per heavy atom. The van der Waals surface area contributed by atoms with Crippen molar-refractivity contribution in [3.05, 3.63) is 63.6 Å². The number of nitrogens with zero attached hydrogens (tertiary/aromatic N) is 2. The minimum absolute atomic E-state index is 0.0792. The Morgan fingerprint density at radius 1 is 1.21 bits per heavy atom. The monoisotopic (exact) mass is 440 g/mol. The van der Waals surface area contributed by atoms with Gasteiger partial charge in [-0.15, -0.1) is 0 Å². The Balaban J connectivity index is 1.83. The van der Waals surface area contributed by atoms with Gasteiger partial charge in [0.05, 0.1) is 17.6 Å². The lowest BCUT2D eigenvalue weighted by molar-refractivity contribution is -0.133. The largest absolute Gasteiger partial charge is 0.334 e. The molecule has 2 aromatic carbocycles. The van der Waals surface area contributed by atoms with Crippen LogP contribution in [0.25, 0.3) is 0 Å². The summed E-state index contributed by atoms with van der Waals surface area (Å²) in [7, 11) is -3.95. The van der Waals surface area contributed by atoms with Crippen molar-refractivity contribution in [2.24, 2.45) is 0 Å². The summed E-state index contributed by atoms with van der Waals surface area (Å²) in [6.07, 6.45) is 0.755. The maximum atomic E-state index is 13.0. The smallest absolute Gasteiger partial charge is 0.245 e. The van der Waals surface area contributed by atoms with Crippen LogP contribution in [0.4, 0.5) is 0 Å². The molecule has 1 heterocycles. The van der Waals surface area contributed by atoms with Crippen molar-refractivity contribution >= 4 is 39.1 Å². The van der Waals surface area contributed by atoms with Gasteiger partial charge < -0.3 is 4.90 Å². The standard InChI is InChI=1S/C20H22Cl2N2O3S/c1-3-23(28(26,27)19-12-16(21)8-9-18(19)22)13-20(25)24-11-10-15-6-4-5-7-17(15)14(24)2/h4-9,12,14H,3,10-11,13H2,1-2H3. The number of rotatable bonds is 5. The van der Waals surface area contributed by atoms with Crippen molar-refractivity contribution in [2.75, 3.05) is 19.6 Å². The Kier molecular flexibility index (Phi) is 6.34. The van der Waals surface area contributed by atoms with E-state index in [4.69, 9.17) is 23.2 Å². The molecule has 1 aliphatic rings. The van der Waals surface area contributed by atoms with Gasteiger partial charge in [0.2, 0.25) is 15.9 Å². The van der Waals surface area contributed by atoms with Crippen LogP contribution in [0.2, 0.25) is 10.0 Å². The molecule has 0 saturated heterocycles. The molecule has 0 aliphatic carbocycles. The zero-order valence-corrected chi connectivity index (χ0v) is 18.1. The first-order valence-corrected chi connectivity index (χ1v) is 11.3. The van der Waals surface area contributed by atoms with Crippen LogP contribution in [0.1, 0.15) is 31.0 Å². The quantitative estimate of drug-likeness (QED) is 0.701. The molecule has 0 bridgehead atoms. The molecular weight excluding hydrogens is 419 g/mol. The maximum absolute atomic E-state index is 13.0. The highest BCUT2D eigenvalue weighted by molar-refractivity contribution is 7.89. The fraction of sp³-hybridized carbons (Fsp3) is 0.350. The Bertz CT molecular complexity index is 995. The average Bonchev–Trinajstić information content (AvgIpc) is 2.68. The van der Waals surface area contributed by atoms with E-state index in [-0.39, 0.29) is 40.0 Å².